The van der Waals surface area contributed by atoms with Gasteiger partial charge in [-0.15, -0.1) is 0 Å². The Hall–Kier alpha value is -1.09. The van der Waals surface area contributed by atoms with Crippen LogP contribution >= 0.6 is 0 Å². The summed E-state index contributed by atoms with van der Waals surface area (Å²) >= 11 is 0. The predicted molar refractivity (Wildman–Crippen MR) is 73.7 cm³/mol. The van der Waals surface area contributed by atoms with Gasteiger partial charge in [-0.3, -0.25) is 4.90 Å². The molecule has 0 aromatic heterocycles. The van der Waals surface area contributed by atoms with Gasteiger partial charge in [-0.25, -0.2) is 4.39 Å². The van der Waals surface area contributed by atoms with E-state index in [0.717, 1.165) is 18.7 Å². The van der Waals surface area contributed by atoms with Gasteiger partial charge in [0.2, 0.25) is 0 Å². The number of benzene rings is 1. The fraction of sp³-hybridized carbons (Fsp3) is 0.600. The molecule has 0 amide bonds. The SMILES string of the molecule is CCC1(CC)CCN(Cc2cccc(N)c2F)C1. The molecule has 1 fully saturated rings. The number of nitrogen functional groups attached to an aromatic ring is 1. The third-order valence-electron chi connectivity index (χ3n) is 4.52. The minimum atomic E-state index is -0.247. The second kappa shape index (κ2) is 5.27. The number of hydrogen-bond acceptors (Lipinski definition) is 2. The van der Waals surface area contributed by atoms with Crippen molar-refractivity contribution in [2.45, 2.75) is 39.7 Å². The highest BCUT2D eigenvalue weighted by Gasteiger charge is 2.34. The number of halogens is 1. The van der Waals surface area contributed by atoms with E-state index < -0.39 is 0 Å². The van der Waals surface area contributed by atoms with Gasteiger partial charge >= 0.3 is 0 Å². The fourth-order valence-electron chi connectivity index (χ4n) is 2.95. The van der Waals surface area contributed by atoms with E-state index in [-0.39, 0.29) is 11.5 Å². The van der Waals surface area contributed by atoms with E-state index in [1.54, 1.807) is 6.07 Å². The Morgan fingerprint density at radius 3 is 2.67 bits per heavy atom. The van der Waals surface area contributed by atoms with E-state index in [1.165, 1.54) is 19.3 Å². The third-order valence-corrected chi connectivity index (χ3v) is 4.52. The van der Waals surface area contributed by atoms with Crippen LogP contribution in [-0.4, -0.2) is 18.0 Å². The van der Waals surface area contributed by atoms with Crippen molar-refractivity contribution in [3.63, 3.8) is 0 Å². The van der Waals surface area contributed by atoms with E-state index in [9.17, 15) is 4.39 Å². The quantitative estimate of drug-likeness (QED) is 0.830. The number of nitrogens with zero attached hydrogens (tertiary/aromatic N) is 1. The molecule has 0 bridgehead atoms. The predicted octanol–water partition coefficient (Wildman–Crippen LogP) is 3.42. The van der Waals surface area contributed by atoms with Gasteiger partial charge in [0.15, 0.2) is 5.82 Å². The van der Waals surface area contributed by atoms with Crippen molar-refractivity contribution in [3.8, 4) is 0 Å². The summed E-state index contributed by atoms with van der Waals surface area (Å²) in [6.07, 6.45) is 3.64. The Balaban J connectivity index is 2.06. The Labute approximate surface area is 109 Å². The minimum Gasteiger partial charge on any atom is -0.396 e. The normalized spacial score (nSPS) is 19.3. The van der Waals surface area contributed by atoms with Crippen molar-refractivity contribution in [2.24, 2.45) is 5.41 Å². The van der Waals surface area contributed by atoms with E-state index in [2.05, 4.69) is 18.7 Å². The summed E-state index contributed by atoms with van der Waals surface area (Å²) in [5.74, 6) is -0.247. The summed E-state index contributed by atoms with van der Waals surface area (Å²) in [6, 6.07) is 5.28. The van der Waals surface area contributed by atoms with Crippen molar-refractivity contribution in [1.82, 2.24) is 4.90 Å². The summed E-state index contributed by atoms with van der Waals surface area (Å²) in [4.78, 5) is 2.35. The van der Waals surface area contributed by atoms with Crippen LogP contribution in [0.4, 0.5) is 10.1 Å². The zero-order valence-electron chi connectivity index (χ0n) is 11.4. The molecule has 1 aromatic rings. The summed E-state index contributed by atoms with van der Waals surface area (Å²) in [5.41, 5.74) is 7.02. The Morgan fingerprint density at radius 2 is 2.06 bits per heavy atom. The maximum atomic E-state index is 13.9. The Kier molecular flexibility index (Phi) is 3.91. The molecule has 0 aliphatic carbocycles. The topological polar surface area (TPSA) is 29.3 Å². The Bertz CT molecular complexity index is 413. The second-order valence-electron chi connectivity index (χ2n) is 5.49. The molecule has 2 N–H and O–H groups in total. The molecule has 0 radical (unpaired) electrons. The van der Waals surface area contributed by atoms with Crippen molar-refractivity contribution in [1.29, 1.82) is 0 Å². The van der Waals surface area contributed by atoms with Crippen LogP contribution in [0.2, 0.25) is 0 Å². The lowest BCUT2D eigenvalue weighted by Crippen LogP contribution is -2.26. The molecule has 1 saturated heterocycles. The van der Waals surface area contributed by atoms with Crippen molar-refractivity contribution < 1.29 is 4.39 Å². The molecule has 0 saturated carbocycles. The summed E-state index contributed by atoms with van der Waals surface area (Å²) in [5, 5.41) is 0. The first-order valence-electron chi connectivity index (χ1n) is 6.85. The first kappa shape index (κ1) is 13.3. The average molecular weight is 250 g/mol. The van der Waals surface area contributed by atoms with Gasteiger partial charge in [0.1, 0.15) is 0 Å². The van der Waals surface area contributed by atoms with E-state index >= 15 is 0 Å². The lowest BCUT2D eigenvalue weighted by molar-refractivity contribution is 0.234. The van der Waals surface area contributed by atoms with Gasteiger partial charge in [-0.2, -0.15) is 0 Å². The van der Waals surface area contributed by atoms with Gasteiger partial charge in [0, 0.05) is 18.7 Å². The average Bonchev–Trinajstić information content (AvgIpc) is 2.79. The maximum absolute atomic E-state index is 13.9. The molecule has 0 atom stereocenters. The van der Waals surface area contributed by atoms with Gasteiger partial charge in [-0.05, 0) is 37.3 Å². The minimum absolute atomic E-state index is 0.247. The first-order valence-corrected chi connectivity index (χ1v) is 6.85. The molecular weight excluding hydrogens is 227 g/mol. The molecule has 1 heterocycles. The fourth-order valence-corrected chi connectivity index (χ4v) is 2.95. The van der Waals surface area contributed by atoms with Crippen LogP contribution in [0.25, 0.3) is 0 Å². The molecule has 1 aromatic carbocycles. The maximum Gasteiger partial charge on any atom is 0.150 e. The van der Waals surface area contributed by atoms with Crippen LogP contribution in [0.3, 0.4) is 0 Å². The van der Waals surface area contributed by atoms with E-state index in [1.807, 2.05) is 12.1 Å². The summed E-state index contributed by atoms with van der Waals surface area (Å²) in [7, 11) is 0. The molecule has 2 rings (SSSR count). The van der Waals surface area contributed by atoms with Crippen molar-refractivity contribution in [2.75, 3.05) is 18.8 Å². The lowest BCUT2D eigenvalue weighted by atomic mass is 9.82. The monoisotopic (exact) mass is 250 g/mol. The number of rotatable bonds is 4. The molecule has 3 heteroatoms. The van der Waals surface area contributed by atoms with Crippen molar-refractivity contribution in [3.05, 3.63) is 29.6 Å². The number of hydrogen-bond donors (Lipinski definition) is 1. The molecule has 18 heavy (non-hydrogen) atoms. The Morgan fingerprint density at radius 1 is 1.33 bits per heavy atom. The number of nitrogens with two attached hydrogens (primary N) is 1. The molecular formula is C15H23FN2. The smallest absolute Gasteiger partial charge is 0.150 e. The summed E-state index contributed by atoms with van der Waals surface area (Å²) < 4.78 is 13.9. The highest BCUT2D eigenvalue weighted by Crippen LogP contribution is 2.37. The molecule has 0 spiro atoms. The highest BCUT2D eigenvalue weighted by molar-refractivity contribution is 5.42. The zero-order valence-corrected chi connectivity index (χ0v) is 11.4. The molecule has 2 nitrogen and oxygen atoms in total. The third kappa shape index (κ3) is 2.51. The van der Waals surface area contributed by atoms with Crippen LogP contribution in [0.1, 0.15) is 38.7 Å². The number of anilines is 1. The van der Waals surface area contributed by atoms with Crippen molar-refractivity contribution >= 4 is 5.69 Å². The van der Waals surface area contributed by atoms with Crippen LogP contribution < -0.4 is 5.73 Å². The van der Waals surface area contributed by atoms with Gasteiger partial charge in [0.25, 0.3) is 0 Å². The standard InChI is InChI=1S/C15H23FN2/c1-3-15(4-2)8-9-18(11-15)10-12-6-5-7-13(17)14(12)16/h5-7H,3-4,8-11,17H2,1-2H3. The van der Waals surface area contributed by atoms with Crippen LogP contribution in [0.15, 0.2) is 18.2 Å². The first-order chi connectivity index (χ1) is 8.60. The second-order valence-corrected chi connectivity index (χ2v) is 5.49. The number of likely N-dealkylation sites (tertiary alicyclic amines) is 1. The molecule has 1 aliphatic rings. The largest absolute Gasteiger partial charge is 0.396 e. The zero-order chi connectivity index (χ0) is 13.2. The lowest BCUT2D eigenvalue weighted by Gasteiger charge is -2.26. The van der Waals surface area contributed by atoms with E-state index in [0.29, 0.717) is 12.0 Å². The van der Waals surface area contributed by atoms with Crippen LogP contribution in [0, 0.1) is 11.2 Å². The van der Waals surface area contributed by atoms with Gasteiger partial charge in [0.05, 0.1) is 5.69 Å². The van der Waals surface area contributed by atoms with Crippen LogP contribution in [-0.2, 0) is 6.54 Å². The summed E-state index contributed by atoms with van der Waals surface area (Å²) in [6.45, 7) is 7.34. The van der Waals surface area contributed by atoms with Gasteiger partial charge < -0.3 is 5.73 Å². The molecule has 1 aliphatic heterocycles. The molecule has 100 valence electrons. The van der Waals surface area contributed by atoms with Gasteiger partial charge in [-0.1, -0.05) is 26.0 Å². The highest BCUT2D eigenvalue weighted by atomic mass is 19.1. The van der Waals surface area contributed by atoms with E-state index in [4.69, 9.17) is 5.73 Å². The molecule has 0 unspecified atom stereocenters. The van der Waals surface area contributed by atoms with Crippen LogP contribution in [0.5, 0.6) is 0 Å².